The minimum absolute atomic E-state index is 0.0652. The van der Waals surface area contributed by atoms with Crippen LogP contribution in [0.25, 0.3) is 0 Å². The monoisotopic (exact) mass is 275 g/mol. The molecule has 2 heteroatoms. The molecule has 0 amide bonds. The Labute approximate surface area is 124 Å². The Hall–Kier alpha value is -1.15. The van der Waals surface area contributed by atoms with Gasteiger partial charge in [0.05, 0.1) is 0 Å². The number of rotatable bonds is 5. The highest BCUT2D eigenvalue weighted by molar-refractivity contribution is 5.84. The lowest BCUT2D eigenvalue weighted by atomic mass is 9.79. The number of Topliss-reactive ketones (excluding diaryl/α,β-unsaturated/α-hetero) is 1. The molecule has 1 rings (SSSR count). The van der Waals surface area contributed by atoms with Gasteiger partial charge >= 0.3 is 0 Å². The van der Waals surface area contributed by atoms with E-state index in [1.54, 1.807) is 0 Å². The molecule has 0 bridgehead atoms. The highest BCUT2D eigenvalue weighted by Crippen LogP contribution is 2.26. The molecule has 0 spiro atoms. The average Bonchev–Trinajstić information content (AvgIpc) is 2.32. The molecule has 1 N–H and O–H groups in total. The van der Waals surface area contributed by atoms with Gasteiger partial charge in [-0.25, -0.2) is 0 Å². The predicted molar refractivity (Wildman–Crippen MR) is 85.6 cm³/mol. The van der Waals surface area contributed by atoms with Crippen molar-refractivity contribution < 1.29 is 4.79 Å². The summed E-state index contributed by atoms with van der Waals surface area (Å²) in [4.78, 5) is 12.3. The average molecular weight is 275 g/mol. The molecule has 0 saturated carbocycles. The van der Waals surface area contributed by atoms with Crippen molar-refractivity contribution in [3.63, 3.8) is 0 Å². The minimum atomic E-state index is -0.266. The number of carbonyl (C=O) groups excluding carboxylic acids is 1. The van der Waals surface area contributed by atoms with E-state index >= 15 is 0 Å². The Balaban J connectivity index is 2.69. The van der Waals surface area contributed by atoms with Crippen LogP contribution < -0.4 is 5.32 Å². The zero-order valence-electron chi connectivity index (χ0n) is 13.8. The van der Waals surface area contributed by atoms with Crippen LogP contribution in [0.4, 0.5) is 0 Å². The van der Waals surface area contributed by atoms with Gasteiger partial charge in [0, 0.05) is 24.4 Å². The maximum atomic E-state index is 12.3. The van der Waals surface area contributed by atoms with Gasteiger partial charge in [-0.2, -0.15) is 0 Å². The molecule has 0 saturated heterocycles. The minimum Gasteiger partial charge on any atom is -0.309 e. The zero-order chi connectivity index (χ0) is 15.4. The van der Waals surface area contributed by atoms with E-state index in [4.69, 9.17) is 0 Å². The van der Waals surface area contributed by atoms with Crippen molar-refractivity contribution in [1.82, 2.24) is 5.32 Å². The first kappa shape index (κ1) is 16.9. The Bertz CT molecular complexity index is 423. The molecular weight excluding hydrogens is 246 g/mol. The van der Waals surface area contributed by atoms with E-state index in [9.17, 15) is 4.79 Å². The van der Waals surface area contributed by atoms with Crippen molar-refractivity contribution in [2.75, 3.05) is 0 Å². The number of nitrogens with one attached hydrogen (secondary N) is 1. The van der Waals surface area contributed by atoms with Gasteiger partial charge in [0.15, 0.2) is 0 Å². The summed E-state index contributed by atoms with van der Waals surface area (Å²) in [5, 5.41) is 3.56. The molecule has 0 fully saturated rings. The topological polar surface area (TPSA) is 29.1 Å². The van der Waals surface area contributed by atoms with Gasteiger partial charge in [0.1, 0.15) is 5.78 Å². The number of hydrogen-bond donors (Lipinski definition) is 1. The fourth-order valence-electron chi connectivity index (χ4n) is 2.01. The van der Waals surface area contributed by atoms with Crippen LogP contribution in [0.1, 0.15) is 53.5 Å². The van der Waals surface area contributed by atoms with Gasteiger partial charge in [0.2, 0.25) is 0 Å². The van der Waals surface area contributed by atoms with E-state index < -0.39 is 0 Å². The molecule has 1 unspecified atom stereocenters. The Morgan fingerprint density at radius 1 is 1.05 bits per heavy atom. The number of carbonyl (C=O) groups is 1. The SMILES string of the molecule is CC(C)(C)C(=O)CC(NCc1ccccc1)C(C)(C)C. The molecule has 0 aliphatic carbocycles. The first-order valence-electron chi connectivity index (χ1n) is 7.41. The lowest BCUT2D eigenvalue weighted by Gasteiger charge is -2.33. The molecule has 0 aliphatic rings. The van der Waals surface area contributed by atoms with E-state index in [2.05, 4.69) is 38.2 Å². The standard InChI is InChI=1S/C18H29NO/c1-17(2,3)15(12-16(20)18(4,5)6)19-13-14-10-8-7-9-11-14/h7-11,15,19H,12-13H2,1-6H3. The van der Waals surface area contributed by atoms with E-state index in [1.807, 2.05) is 39.0 Å². The smallest absolute Gasteiger partial charge is 0.139 e. The number of hydrogen-bond acceptors (Lipinski definition) is 2. The van der Waals surface area contributed by atoms with Crippen LogP contribution in [0.15, 0.2) is 30.3 Å². The second-order valence-corrected chi connectivity index (χ2v) is 7.66. The van der Waals surface area contributed by atoms with E-state index in [0.717, 1.165) is 6.54 Å². The van der Waals surface area contributed by atoms with Crippen LogP contribution >= 0.6 is 0 Å². The molecule has 2 nitrogen and oxygen atoms in total. The third kappa shape index (κ3) is 5.46. The highest BCUT2D eigenvalue weighted by Gasteiger charge is 2.30. The highest BCUT2D eigenvalue weighted by atomic mass is 16.1. The Kier molecular flexibility index (Phi) is 5.52. The second-order valence-electron chi connectivity index (χ2n) is 7.66. The van der Waals surface area contributed by atoms with Crippen LogP contribution in [0, 0.1) is 10.8 Å². The quantitative estimate of drug-likeness (QED) is 0.872. The molecule has 112 valence electrons. The summed E-state index contributed by atoms with van der Waals surface area (Å²) in [6, 6.07) is 10.5. The van der Waals surface area contributed by atoms with Crippen molar-refractivity contribution in [2.45, 2.75) is 60.5 Å². The van der Waals surface area contributed by atoms with Crippen molar-refractivity contribution in [1.29, 1.82) is 0 Å². The van der Waals surface area contributed by atoms with Crippen molar-refractivity contribution in [2.24, 2.45) is 10.8 Å². The van der Waals surface area contributed by atoms with Gasteiger partial charge in [-0.05, 0) is 11.0 Å². The molecule has 1 atom stereocenters. The summed E-state index contributed by atoms with van der Waals surface area (Å²) in [5.74, 6) is 0.318. The Morgan fingerprint density at radius 3 is 2.05 bits per heavy atom. The van der Waals surface area contributed by atoms with Gasteiger partial charge in [0.25, 0.3) is 0 Å². The molecule has 0 aromatic heterocycles. The van der Waals surface area contributed by atoms with Gasteiger partial charge in [-0.1, -0.05) is 71.9 Å². The van der Waals surface area contributed by atoms with Gasteiger partial charge in [-0.15, -0.1) is 0 Å². The van der Waals surface area contributed by atoms with Crippen molar-refractivity contribution in [3.05, 3.63) is 35.9 Å². The molecule has 0 heterocycles. The summed E-state index contributed by atoms with van der Waals surface area (Å²) in [7, 11) is 0. The summed E-state index contributed by atoms with van der Waals surface area (Å²) in [6.45, 7) is 13.3. The molecule has 0 aliphatic heterocycles. The summed E-state index contributed by atoms with van der Waals surface area (Å²) in [6.07, 6.45) is 0.583. The van der Waals surface area contributed by atoms with Crippen LogP contribution in [-0.4, -0.2) is 11.8 Å². The predicted octanol–water partition coefficient (Wildman–Crippen LogP) is 4.20. The normalized spacial score (nSPS) is 14.1. The van der Waals surface area contributed by atoms with Crippen molar-refractivity contribution >= 4 is 5.78 Å². The summed E-state index contributed by atoms with van der Waals surface area (Å²) in [5.41, 5.74) is 1.05. The molecule has 0 radical (unpaired) electrons. The van der Waals surface area contributed by atoms with Crippen LogP contribution in [0.5, 0.6) is 0 Å². The van der Waals surface area contributed by atoms with Crippen LogP contribution in [-0.2, 0) is 11.3 Å². The largest absolute Gasteiger partial charge is 0.309 e. The van der Waals surface area contributed by atoms with Crippen LogP contribution in [0.3, 0.4) is 0 Å². The molecule has 1 aromatic carbocycles. The lowest BCUT2D eigenvalue weighted by Crippen LogP contribution is -2.43. The maximum Gasteiger partial charge on any atom is 0.139 e. The first-order chi connectivity index (χ1) is 9.10. The van der Waals surface area contributed by atoms with E-state index in [-0.39, 0.29) is 16.9 Å². The van der Waals surface area contributed by atoms with Gasteiger partial charge < -0.3 is 5.32 Å². The number of ketones is 1. The van der Waals surface area contributed by atoms with Crippen molar-refractivity contribution in [3.8, 4) is 0 Å². The second kappa shape index (κ2) is 6.53. The maximum absolute atomic E-state index is 12.3. The lowest BCUT2D eigenvalue weighted by molar-refractivity contribution is -0.127. The van der Waals surface area contributed by atoms with E-state index in [0.29, 0.717) is 12.2 Å². The van der Waals surface area contributed by atoms with Crippen LogP contribution in [0.2, 0.25) is 0 Å². The first-order valence-corrected chi connectivity index (χ1v) is 7.41. The van der Waals surface area contributed by atoms with Gasteiger partial charge in [-0.3, -0.25) is 4.79 Å². The molecular formula is C18H29NO. The molecule has 1 aromatic rings. The molecule has 20 heavy (non-hydrogen) atoms. The fourth-order valence-corrected chi connectivity index (χ4v) is 2.01. The summed E-state index contributed by atoms with van der Waals surface area (Å²) < 4.78 is 0. The summed E-state index contributed by atoms with van der Waals surface area (Å²) >= 11 is 0. The van der Waals surface area contributed by atoms with E-state index in [1.165, 1.54) is 5.56 Å². The number of benzene rings is 1. The third-order valence-corrected chi connectivity index (χ3v) is 3.67. The Morgan fingerprint density at radius 2 is 1.60 bits per heavy atom. The zero-order valence-corrected chi connectivity index (χ0v) is 13.8. The third-order valence-electron chi connectivity index (χ3n) is 3.67. The fraction of sp³-hybridized carbons (Fsp3) is 0.611.